The van der Waals surface area contributed by atoms with Crippen LogP contribution < -0.4 is 0 Å². The third-order valence-electron chi connectivity index (χ3n) is 9.12. The number of aliphatic hydroxyl groups excluding tert-OH is 1. The first-order valence-corrected chi connectivity index (χ1v) is 10.6. The Morgan fingerprint density at radius 1 is 1.08 bits per heavy atom. The van der Waals surface area contributed by atoms with E-state index in [0.717, 1.165) is 44.9 Å². The maximum Gasteiger partial charge on any atom is 0.302 e. The third-order valence-corrected chi connectivity index (χ3v) is 9.12. The molecule has 0 aliphatic heterocycles. The second-order valence-electron chi connectivity index (χ2n) is 10.2. The van der Waals surface area contributed by atoms with Crippen LogP contribution in [0, 0.1) is 34.5 Å². The molecule has 3 saturated carbocycles. The Kier molecular flexibility index (Phi) is 5.24. The fourth-order valence-corrected chi connectivity index (χ4v) is 7.16. The van der Waals surface area contributed by atoms with Crippen molar-refractivity contribution >= 4 is 5.97 Å². The summed E-state index contributed by atoms with van der Waals surface area (Å²) in [4.78, 5) is 11.3. The number of hydrogen-bond acceptors (Lipinski definition) is 4. The maximum atomic E-state index is 11.3. The molecule has 0 saturated heterocycles. The number of rotatable bonds is 3. The van der Waals surface area contributed by atoms with Crippen LogP contribution in [0.25, 0.3) is 0 Å². The molecule has 0 amide bonds. The fourth-order valence-electron chi connectivity index (χ4n) is 7.16. The van der Waals surface area contributed by atoms with Crippen LogP contribution in [-0.2, 0) is 9.53 Å². The van der Waals surface area contributed by atoms with Gasteiger partial charge in [-0.3, -0.25) is 4.79 Å². The molecule has 0 heterocycles. The normalized spacial score (nSPS) is 51.7. The quantitative estimate of drug-likeness (QED) is 0.743. The number of ether oxygens (including phenoxy) is 1. The third kappa shape index (κ3) is 3.01. The Labute approximate surface area is 158 Å². The molecule has 0 radical (unpaired) electrons. The molecule has 3 aliphatic rings. The van der Waals surface area contributed by atoms with E-state index in [1.165, 1.54) is 6.92 Å². The number of fused-ring (bicyclic) bond motifs is 1. The van der Waals surface area contributed by atoms with E-state index in [-0.39, 0.29) is 35.4 Å². The van der Waals surface area contributed by atoms with Crippen molar-refractivity contribution in [1.82, 2.24) is 0 Å². The van der Waals surface area contributed by atoms with Crippen molar-refractivity contribution in [3.63, 3.8) is 0 Å². The number of carbonyl (C=O) groups is 1. The molecule has 26 heavy (non-hydrogen) atoms. The number of carbonyl (C=O) groups excluding carboxylic acids is 1. The molecule has 3 aliphatic carbocycles. The van der Waals surface area contributed by atoms with Crippen LogP contribution in [0.1, 0.15) is 79.6 Å². The lowest BCUT2D eigenvalue weighted by molar-refractivity contribution is -0.158. The zero-order valence-electron chi connectivity index (χ0n) is 17.3. The van der Waals surface area contributed by atoms with Gasteiger partial charge in [-0.2, -0.15) is 0 Å². The highest BCUT2D eigenvalue weighted by molar-refractivity contribution is 5.66. The summed E-state index contributed by atoms with van der Waals surface area (Å²) in [5.74, 6) is 1.63. The lowest BCUT2D eigenvalue weighted by Gasteiger charge is -2.57. The lowest BCUT2D eigenvalue weighted by atomic mass is 9.49. The molecule has 0 bridgehead atoms. The molecule has 150 valence electrons. The molecular weight excluding hydrogens is 328 g/mol. The van der Waals surface area contributed by atoms with E-state index in [1.807, 2.05) is 6.92 Å². The van der Waals surface area contributed by atoms with Crippen molar-refractivity contribution in [1.29, 1.82) is 0 Å². The van der Waals surface area contributed by atoms with Crippen molar-refractivity contribution < 1.29 is 19.7 Å². The van der Waals surface area contributed by atoms with Crippen LogP contribution in [0.2, 0.25) is 0 Å². The van der Waals surface area contributed by atoms with Gasteiger partial charge in [0.25, 0.3) is 0 Å². The minimum absolute atomic E-state index is 0.0168. The predicted molar refractivity (Wildman–Crippen MR) is 101 cm³/mol. The molecule has 3 rings (SSSR count). The lowest BCUT2D eigenvalue weighted by Crippen LogP contribution is -2.54. The van der Waals surface area contributed by atoms with E-state index in [2.05, 4.69) is 20.8 Å². The zero-order chi connectivity index (χ0) is 19.3. The van der Waals surface area contributed by atoms with Gasteiger partial charge in [0.2, 0.25) is 0 Å². The van der Waals surface area contributed by atoms with E-state index in [1.54, 1.807) is 0 Å². The van der Waals surface area contributed by atoms with E-state index < -0.39 is 5.60 Å². The highest BCUT2D eigenvalue weighted by Crippen LogP contribution is 2.64. The summed E-state index contributed by atoms with van der Waals surface area (Å²) in [5.41, 5.74) is -0.454. The van der Waals surface area contributed by atoms with Gasteiger partial charge < -0.3 is 14.9 Å². The molecule has 0 unspecified atom stereocenters. The Bertz CT molecular complexity index is 544. The van der Waals surface area contributed by atoms with E-state index >= 15 is 0 Å². The van der Waals surface area contributed by atoms with Gasteiger partial charge in [0.1, 0.15) is 6.10 Å². The van der Waals surface area contributed by atoms with Gasteiger partial charge in [0.15, 0.2) is 0 Å². The molecule has 0 spiro atoms. The molecule has 2 N–H and O–H groups in total. The number of aliphatic hydroxyl groups is 2. The second-order valence-corrected chi connectivity index (χ2v) is 10.2. The van der Waals surface area contributed by atoms with Gasteiger partial charge in [0.05, 0.1) is 5.60 Å². The van der Waals surface area contributed by atoms with Crippen molar-refractivity contribution in [2.75, 3.05) is 6.61 Å². The molecule has 3 fully saturated rings. The molecular formula is C22H38O4. The summed E-state index contributed by atoms with van der Waals surface area (Å²) in [5, 5.41) is 21.1. The Morgan fingerprint density at radius 3 is 2.35 bits per heavy atom. The predicted octanol–water partition coefficient (Wildman–Crippen LogP) is 3.93. The van der Waals surface area contributed by atoms with Gasteiger partial charge in [-0.05, 0) is 86.4 Å². The molecule has 4 heteroatoms. The van der Waals surface area contributed by atoms with E-state index in [9.17, 15) is 15.0 Å². The summed E-state index contributed by atoms with van der Waals surface area (Å²) >= 11 is 0. The Morgan fingerprint density at radius 2 is 1.73 bits per heavy atom. The summed E-state index contributed by atoms with van der Waals surface area (Å²) in [7, 11) is 0. The fraction of sp³-hybridized carbons (Fsp3) is 0.955. The average Bonchev–Trinajstić information content (AvgIpc) is 2.80. The molecule has 0 aromatic heterocycles. The van der Waals surface area contributed by atoms with Gasteiger partial charge in [0, 0.05) is 13.5 Å². The van der Waals surface area contributed by atoms with Crippen LogP contribution >= 0.6 is 0 Å². The van der Waals surface area contributed by atoms with Gasteiger partial charge in [-0.25, -0.2) is 0 Å². The van der Waals surface area contributed by atoms with Crippen LogP contribution in [0.4, 0.5) is 0 Å². The average molecular weight is 367 g/mol. The monoisotopic (exact) mass is 366 g/mol. The van der Waals surface area contributed by atoms with Crippen LogP contribution in [0.15, 0.2) is 0 Å². The Balaban J connectivity index is 1.79. The zero-order valence-corrected chi connectivity index (χ0v) is 17.3. The van der Waals surface area contributed by atoms with Gasteiger partial charge in [-0.15, -0.1) is 0 Å². The first-order chi connectivity index (χ1) is 12.0. The summed E-state index contributed by atoms with van der Waals surface area (Å²) in [6.07, 6.45) is 6.83. The van der Waals surface area contributed by atoms with Crippen LogP contribution in [-0.4, -0.2) is 34.5 Å². The topological polar surface area (TPSA) is 66.8 Å². The SMILES string of the molecule is CC(=O)O[C@H]1CC[C@](C)([C@H]2CC[C@@]3(C)[C@@H](CC[C@]3(C)O)[C@@H]2C)[C@@H](CO)C1. The summed E-state index contributed by atoms with van der Waals surface area (Å²) < 4.78 is 5.46. The van der Waals surface area contributed by atoms with Crippen molar-refractivity contribution in [2.24, 2.45) is 34.5 Å². The summed E-state index contributed by atoms with van der Waals surface area (Å²) in [6, 6.07) is 0. The minimum Gasteiger partial charge on any atom is -0.463 e. The molecule has 0 aromatic rings. The Hall–Kier alpha value is -0.610. The number of hydrogen-bond donors (Lipinski definition) is 2. The highest BCUT2D eigenvalue weighted by Gasteiger charge is 2.60. The van der Waals surface area contributed by atoms with Crippen molar-refractivity contribution in [2.45, 2.75) is 91.3 Å². The van der Waals surface area contributed by atoms with E-state index in [4.69, 9.17) is 4.74 Å². The minimum atomic E-state index is -0.554. The standard InChI is InChI=1S/C22H38O4/c1-14-18(7-10-21(4)19(14)8-11-22(21,5)25)20(3)9-6-17(26-15(2)24)12-16(20)13-23/h14,16-19,23,25H,6-13H2,1-5H3/t14-,16-,17+,18+,19+,20+,21+,22+/m1/s1. The summed E-state index contributed by atoms with van der Waals surface area (Å²) in [6.45, 7) is 10.7. The maximum absolute atomic E-state index is 11.3. The van der Waals surface area contributed by atoms with Crippen molar-refractivity contribution in [3.05, 3.63) is 0 Å². The van der Waals surface area contributed by atoms with Crippen molar-refractivity contribution in [3.8, 4) is 0 Å². The van der Waals surface area contributed by atoms with Crippen LogP contribution in [0.5, 0.6) is 0 Å². The van der Waals surface area contributed by atoms with Gasteiger partial charge >= 0.3 is 5.97 Å². The second kappa shape index (κ2) is 6.77. The van der Waals surface area contributed by atoms with Gasteiger partial charge in [-0.1, -0.05) is 20.8 Å². The van der Waals surface area contributed by atoms with Crippen LogP contribution in [0.3, 0.4) is 0 Å². The molecule has 4 nitrogen and oxygen atoms in total. The van der Waals surface area contributed by atoms with E-state index in [0.29, 0.717) is 17.8 Å². The first-order valence-electron chi connectivity index (χ1n) is 10.6. The molecule has 0 aromatic carbocycles. The molecule has 8 atom stereocenters. The number of esters is 1. The largest absolute Gasteiger partial charge is 0.463 e. The highest BCUT2D eigenvalue weighted by atomic mass is 16.5. The smallest absolute Gasteiger partial charge is 0.302 e. The first kappa shape index (κ1) is 20.1.